The van der Waals surface area contributed by atoms with Gasteiger partial charge in [0.05, 0.1) is 11.8 Å². The molecule has 8 nitrogen and oxygen atoms in total. The van der Waals surface area contributed by atoms with Gasteiger partial charge in [-0.3, -0.25) is 14.6 Å². The van der Waals surface area contributed by atoms with Gasteiger partial charge in [-0.15, -0.1) is 11.8 Å². The fraction of sp³-hybridized carbons (Fsp3) is 0.143. The molecule has 3 aromatic heterocycles. The number of aromatic amines is 1. The van der Waals surface area contributed by atoms with Crippen molar-refractivity contribution >= 4 is 23.5 Å². The lowest BCUT2D eigenvalue weighted by Crippen LogP contribution is -2.19. The number of hydrogen-bond acceptors (Lipinski definition) is 6. The van der Waals surface area contributed by atoms with Gasteiger partial charge < -0.3 is 9.73 Å². The molecule has 2 N–H and O–H groups in total. The van der Waals surface area contributed by atoms with Crippen LogP contribution in [0.4, 0.5) is 5.82 Å². The molecule has 1 amide bonds. The number of thioether (sulfide) groups is 1. The number of carbonyl (C=O) groups is 1. The van der Waals surface area contributed by atoms with Crippen molar-refractivity contribution in [3.63, 3.8) is 0 Å². The monoisotopic (exact) mass is 421 g/mol. The Kier molecular flexibility index (Phi) is 5.53. The maximum Gasteiger partial charge on any atom is 0.257 e. The van der Waals surface area contributed by atoms with Crippen LogP contribution in [0.5, 0.6) is 0 Å². The molecule has 0 atom stereocenters. The smallest absolute Gasteiger partial charge is 0.257 e. The van der Waals surface area contributed by atoms with Crippen molar-refractivity contribution in [2.24, 2.45) is 0 Å². The molecule has 9 heteroatoms. The van der Waals surface area contributed by atoms with Gasteiger partial charge in [-0.1, -0.05) is 19.1 Å². The van der Waals surface area contributed by atoms with Crippen LogP contribution >= 0.6 is 11.8 Å². The average Bonchev–Trinajstić information content (AvgIpc) is 3.38. The first-order chi connectivity index (χ1) is 14.5. The summed E-state index contributed by atoms with van der Waals surface area (Å²) in [6.07, 6.45) is 1.54. The summed E-state index contributed by atoms with van der Waals surface area (Å²) >= 11 is 1.59. The minimum Gasteiger partial charge on any atom is -0.463 e. The number of carbonyl (C=O) groups excluding carboxylic acids is 1. The van der Waals surface area contributed by atoms with Gasteiger partial charge in [0.15, 0.2) is 5.76 Å². The molecule has 3 heterocycles. The van der Waals surface area contributed by atoms with E-state index in [2.05, 4.69) is 20.4 Å². The molecule has 4 rings (SSSR count). The van der Waals surface area contributed by atoms with E-state index in [1.54, 1.807) is 43.0 Å². The number of rotatable bonds is 6. The second-order valence-corrected chi connectivity index (χ2v) is 7.70. The van der Waals surface area contributed by atoms with Gasteiger partial charge in [0, 0.05) is 22.7 Å². The third kappa shape index (κ3) is 4.06. The maximum absolute atomic E-state index is 13.0. The van der Waals surface area contributed by atoms with Crippen LogP contribution in [0.25, 0.3) is 17.4 Å². The summed E-state index contributed by atoms with van der Waals surface area (Å²) in [7, 11) is 0. The molecule has 0 radical (unpaired) electrons. The van der Waals surface area contributed by atoms with E-state index in [1.807, 2.05) is 25.1 Å². The molecule has 0 aliphatic carbocycles. The van der Waals surface area contributed by atoms with E-state index in [9.17, 15) is 9.59 Å². The number of anilines is 1. The van der Waals surface area contributed by atoms with Crippen LogP contribution in [0.2, 0.25) is 0 Å². The van der Waals surface area contributed by atoms with Gasteiger partial charge in [-0.05, 0) is 36.9 Å². The number of amides is 1. The number of aromatic nitrogens is 4. The number of hydrogen-bond donors (Lipinski definition) is 2. The minimum atomic E-state index is -0.311. The lowest BCUT2D eigenvalue weighted by atomic mass is 10.2. The van der Waals surface area contributed by atoms with Gasteiger partial charge in [0.2, 0.25) is 5.95 Å². The Bertz CT molecular complexity index is 1240. The first-order valence-electron chi connectivity index (χ1n) is 9.30. The van der Waals surface area contributed by atoms with Crippen molar-refractivity contribution in [2.75, 3.05) is 11.1 Å². The Morgan fingerprint density at radius 3 is 2.80 bits per heavy atom. The molecule has 30 heavy (non-hydrogen) atoms. The Labute approximate surface area is 176 Å². The topological polar surface area (TPSA) is 106 Å². The van der Waals surface area contributed by atoms with Crippen molar-refractivity contribution in [3.05, 3.63) is 76.4 Å². The Hall–Kier alpha value is -3.59. The largest absolute Gasteiger partial charge is 0.463 e. The summed E-state index contributed by atoms with van der Waals surface area (Å²) in [5.74, 6) is 1.65. The highest BCUT2D eigenvalue weighted by atomic mass is 32.2. The normalized spacial score (nSPS) is 10.9. The molecular formula is C21H19N5O3S. The summed E-state index contributed by atoms with van der Waals surface area (Å²) in [6, 6.07) is 14.0. The fourth-order valence-corrected chi connectivity index (χ4v) is 3.76. The Morgan fingerprint density at radius 2 is 2.07 bits per heavy atom. The van der Waals surface area contributed by atoms with Crippen molar-refractivity contribution in [1.29, 1.82) is 0 Å². The Morgan fingerprint density at radius 1 is 1.23 bits per heavy atom. The summed E-state index contributed by atoms with van der Waals surface area (Å²) in [4.78, 5) is 32.9. The third-order valence-electron chi connectivity index (χ3n) is 4.21. The van der Waals surface area contributed by atoms with Gasteiger partial charge in [-0.2, -0.15) is 9.78 Å². The fourth-order valence-electron chi connectivity index (χ4n) is 2.96. The van der Waals surface area contributed by atoms with Crippen LogP contribution in [-0.2, 0) is 0 Å². The molecule has 0 fully saturated rings. The first-order valence-corrected chi connectivity index (χ1v) is 10.3. The standard InChI is InChI=1S/C21H19N5O3S/c1-3-30-17-9-5-4-7-14(17)20(28)23-18-12-15(16-8-6-10-29-16)25-26(18)21-22-13(2)11-19(27)24-21/h4-12H,3H2,1-2H3,(H,23,28)(H,22,24,27). The van der Waals surface area contributed by atoms with Crippen LogP contribution in [-0.4, -0.2) is 31.4 Å². The van der Waals surface area contributed by atoms with Crippen LogP contribution in [0.3, 0.4) is 0 Å². The van der Waals surface area contributed by atoms with E-state index in [0.717, 1.165) is 10.6 Å². The number of nitrogens with zero attached hydrogens (tertiary/aromatic N) is 3. The van der Waals surface area contributed by atoms with E-state index < -0.39 is 0 Å². The van der Waals surface area contributed by atoms with Gasteiger partial charge in [0.1, 0.15) is 11.5 Å². The van der Waals surface area contributed by atoms with Crippen molar-refractivity contribution < 1.29 is 9.21 Å². The second-order valence-electron chi connectivity index (χ2n) is 6.40. The van der Waals surface area contributed by atoms with Crippen molar-refractivity contribution in [3.8, 4) is 17.4 Å². The maximum atomic E-state index is 13.0. The zero-order chi connectivity index (χ0) is 21.1. The molecule has 4 aromatic rings. The highest BCUT2D eigenvalue weighted by Gasteiger charge is 2.19. The lowest BCUT2D eigenvalue weighted by Gasteiger charge is -2.10. The van der Waals surface area contributed by atoms with E-state index >= 15 is 0 Å². The highest BCUT2D eigenvalue weighted by Crippen LogP contribution is 2.26. The molecule has 0 aliphatic heterocycles. The summed E-state index contributed by atoms with van der Waals surface area (Å²) in [5.41, 5.74) is 1.28. The molecular weight excluding hydrogens is 402 g/mol. The molecule has 0 spiro atoms. The van der Waals surface area contributed by atoms with Crippen LogP contribution in [0.15, 0.2) is 68.9 Å². The van der Waals surface area contributed by atoms with E-state index in [1.165, 1.54) is 17.0 Å². The second kappa shape index (κ2) is 8.42. The molecule has 0 bridgehead atoms. The number of nitrogens with one attached hydrogen (secondary N) is 2. The highest BCUT2D eigenvalue weighted by molar-refractivity contribution is 7.99. The number of benzene rings is 1. The van der Waals surface area contributed by atoms with Crippen molar-refractivity contribution in [1.82, 2.24) is 19.7 Å². The number of aryl methyl sites for hydroxylation is 1. The SMILES string of the molecule is CCSc1ccccc1C(=O)Nc1cc(-c2ccco2)nn1-c1nc(C)cc(=O)[nH]1. The quantitative estimate of drug-likeness (QED) is 0.458. The molecule has 152 valence electrons. The minimum absolute atomic E-state index is 0.198. The van der Waals surface area contributed by atoms with Gasteiger partial charge in [0.25, 0.3) is 11.5 Å². The third-order valence-corrected chi connectivity index (χ3v) is 5.17. The Balaban J connectivity index is 1.77. The van der Waals surface area contributed by atoms with E-state index in [4.69, 9.17) is 4.42 Å². The predicted molar refractivity (Wildman–Crippen MR) is 115 cm³/mol. The van der Waals surface area contributed by atoms with Crippen LogP contribution in [0.1, 0.15) is 23.0 Å². The van der Waals surface area contributed by atoms with E-state index in [0.29, 0.717) is 28.5 Å². The zero-order valence-corrected chi connectivity index (χ0v) is 17.2. The van der Waals surface area contributed by atoms with Crippen LogP contribution < -0.4 is 10.9 Å². The predicted octanol–water partition coefficient (Wildman–Crippen LogP) is 3.89. The molecule has 0 saturated carbocycles. The molecule has 1 aromatic carbocycles. The summed E-state index contributed by atoms with van der Waals surface area (Å²) in [5, 5.41) is 7.37. The summed E-state index contributed by atoms with van der Waals surface area (Å²) < 4.78 is 6.82. The number of furan rings is 1. The number of H-pyrrole nitrogens is 1. The van der Waals surface area contributed by atoms with Crippen molar-refractivity contribution in [2.45, 2.75) is 18.7 Å². The van der Waals surface area contributed by atoms with Gasteiger partial charge >= 0.3 is 0 Å². The van der Waals surface area contributed by atoms with Gasteiger partial charge in [-0.25, -0.2) is 4.98 Å². The lowest BCUT2D eigenvalue weighted by molar-refractivity contribution is 0.102. The summed E-state index contributed by atoms with van der Waals surface area (Å²) in [6.45, 7) is 3.75. The van der Waals surface area contributed by atoms with E-state index in [-0.39, 0.29) is 17.4 Å². The average molecular weight is 421 g/mol. The molecule has 0 aliphatic rings. The molecule has 0 saturated heterocycles. The zero-order valence-electron chi connectivity index (χ0n) is 16.4. The first kappa shape index (κ1) is 19.7. The van der Waals surface area contributed by atoms with Crippen LogP contribution in [0, 0.1) is 6.92 Å². The molecule has 0 unspecified atom stereocenters.